The molecule has 0 aliphatic heterocycles. The second kappa shape index (κ2) is 10.2. The molecule has 0 spiro atoms. The maximum absolute atomic E-state index is 12.4. The molecule has 0 bridgehead atoms. The molecule has 2 heteroatoms. The second-order valence-electron chi connectivity index (χ2n) is 9.89. The number of hydrogen-bond acceptors (Lipinski definition) is 2. The Balaban J connectivity index is 1.77. The zero-order valence-electron chi connectivity index (χ0n) is 19.1. The van der Waals surface area contributed by atoms with E-state index in [1.807, 2.05) is 6.07 Å². The Hall–Kier alpha value is -1.54. The molecule has 162 valence electrons. The lowest BCUT2D eigenvalue weighted by Crippen LogP contribution is -2.43. The molecule has 0 aromatic heterocycles. The number of carbonyl (C=O) groups excluding carboxylic acids is 1. The van der Waals surface area contributed by atoms with Gasteiger partial charge in [0.1, 0.15) is 0 Å². The van der Waals surface area contributed by atoms with Gasteiger partial charge in [-0.05, 0) is 91.2 Å². The van der Waals surface area contributed by atoms with Crippen LogP contribution >= 0.6 is 11.8 Å². The Kier molecular flexibility index (Phi) is 7.85. The molecule has 0 radical (unpaired) electrons. The Morgan fingerprint density at radius 1 is 1.23 bits per heavy atom. The monoisotopic (exact) mass is 422 g/mol. The van der Waals surface area contributed by atoms with Crippen LogP contribution < -0.4 is 0 Å². The molecule has 0 amide bonds. The van der Waals surface area contributed by atoms with Gasteiger partial charge in [0.15, 0.2) is 5.78 Å². The molecule has 30 heavy (non-hydrogen) atoms. The van der Waals surface area contributed by atoms with Gasteiger partial charge in [0, 0.05) is 11.3 Å². The average Bonchev–Trinajstić information content (AvgIpc) is 3.09. The third-order valence-electron chi connectivity index (χ3n) is 7.95. The number of allylic oxidation sites excluding steroid dienone is 4. The van der Waals surface area contributed by atoms with Gasteiger partial charge in [-0.2, -0.15) is 0 Å². The standard InChI is InChI=1S/C28H38OS/c1-6-22(29)19-25-24(16-17-28(5)26(20(2)3)14-15-27(25)28)21(4)11-10-18-30-23-12-8-7-9-13-23/h6-13,18,20,24-27H,1,14-17,19H2,2-5H3/b18-10+,21-11-/t24-,25-,26-,27?,28-/m1/s1. The predicted octanol–water partition coefficient (Wildman–Crippen LogP) is 8.10. The molecule has 2 saturated carbocycles. The molecule has 1 aromatic carbocycles. The van der Waals surface area contributed by atoms with E-state index in [0.717, 1.165) is 11.8 Å². The van der Waals surface area contributed by atoms with E-state index in [9.17, 15) is 4.79 Å². The summed E-state index contributed by atoms with van der Waals surface area (Å²) >= 11 is 1.75. The minimum absolute atomic E-state index is 0.213. The molecule has 0 saturated heterocycles. The molecule has 0 N–H and O–H groups in total. The lowest BCUT2D eigenvalue weighted by atomic mass is 9.55. The first-order valence-corrected chi connectivity index (χ1v) is 12.4. The van der Waals surface area contributed by atoms with Gasteiger partial charge in [-0.15, -0.1) is 0 Å². The van der Waals surface area contributed by atoms with Gasteiger partial charge in [0.25, 0.3) is 0 Å². The first-order valence-electron chi connectivity index (χ1n) is 11.6. The van der Waals surface area contributed by atoms with Crippen molar-refractivity contribution in [3.63, 3.8) is 0 Å². The van der Waals surface area contributed by atoms with Gasteiger partial charge < -0.3 is 0 Å². The lowest BCUT2D eigenvalue weighted by Gasteiger charge is -2.50. The van der Waals surface area contributed by atoms with Crippen LogP contribution in [0.25, 0.3) is 0 Å². The van der Waals surface area contributed by atoms with E-state index in [1.165, 1.54) is 42.2 Å². The summed E-state index contributed by atoms with van der Waals surface area (Å²) < 4.78 is 0. The summed E-state index contributed by atoms with van der Waals surface area (Å²) in [5.41, 5.74) is 1.81. The summed E-state index contributed by atoms with van der Waals surface area (Å²) in [6.45, 7) is 13.3. The molecule has 5 atom stereocenters. The van der Waals surface area contributed by atoms with Gasteiger partial charge in [0.05, 0.1) is 0 Å². The van der Waals surface area contributed by atoms with Crippen LogP contribution in [0.2, 0.25) is 0 Å². The molecule has 1 unspecified atom stereocenters. The molecular formula is C28H38OS. The van der Waals surface area contributed by atoms with Gasteiger partial charge in [-0.25, -0.2) is 0 Å². The summed E-state index contributed by atoms with van der Waals surface area (Å²) in [6.07, 6.45) is 11.7. The number of hydrogen-bond donors (Lipinski definition) is 0. The van der Waals surface area contributed by atoms with E-state index in [1.54, 1.807) is 11.8 Å². The molecule has 2 aliphatic carbocycles. The summed E-state index contributed by atoms with van der Waals surface area (Å²) in [5.74, 6) is 3.33. The maximum Gasteiger partial charge on any atom is 0.155 e. The minimum Gasteiger partial charge on any atom is -0.295 e. The van der Waals surface area contributed by atoms with E-state index >= 15 is 0 Å². The molecule has 2 fully saturated rings. The first kappa shape index (κ1) is 23.1. The zero-order chi connectivity index (χ0) is 21.7. The van der Waals surface area contributed by atoms with E-state index < -0.39 is 0 Å². The number of ketones is 1. The Morgan fingerprint density at radius 2 is 1.97 bits per heavy atom. The average molecular weight is 423 g/mol. The highest BCUT2D eigenvalue weighted by Crippen LogP contribution is 2.62. The topological polar surface area (TPSA) is 17.1 Å². The van der Waals surface area contributed by atoms with Crippen LogP contribution in [0.15, 0.2) is 71.0 Å². The van der Waals surface area contributed by atoms with E-state index in [2.05, 4.69) is 76.1 Å². The van der Waals surface area contributed by atoms with Crippen LogP contribution in [0.1, 0.15) is 59.8 Å². The normalized spacial score (nSPS) is 31.8. The molecular weight excluding hydrogens is 384 g/mol. The van der Waals surface area contributed by atoms with Crippen molar-refractivity contribution in [1.82, 2.24) is 0 Å². The molecule has 2 aliphatic rings. The maximum atomic E-state index is 12.4. The quantitative estimate of drug-likeness (QED) is 0.239. The third-order valence-corrected chi connectivity index (χ3v) is 8.79. The van der Waals surface area contributed by atoms with Crippen molar-refractivity contribution in [2.45, 2.75) is 64.7 Å². The van der Waals surface area contributed by atoms with Gasteiger partial charge in [-0.3, -0.25) is 4.79 Å². The fraction of sp³-hybridized carbons (Fsp3) is 0.536. The highest BCUT2D eigenvalue weighted by molar-refractivity contribution is 8.02. The van der Waals surface area contributed by atoms with Crippen molar-refractivity contribution < 1.29 is 4.79 Å². The Morgan fingerprint density at radius 3 is 2.63 bits per heavy atom. The molecule has 1 aromatic rings. The van der Waals surface area contributed by atoms with Crippen molar-refractivity contribution in [2.75, 3.05) is 0 Å². The van der Waals surface area contributed by atoms with Crippen molar-refractivity contribution >= 4 is 17.5 Å². The fourth-order valence-corrected chi connectivity index (χ4v) is 7.15. The van der Waals surface area contributed by atoms with Crippen LogP contribution in [-0.2, 0) is 4.79 Å². The number of benzene rings is 1. The zero-order valence-corrected chi connectivity index (χ0v) is 20.0. The second-order valence-corrected chi connectivity index (χ2v) is 10.9. The number of fused-ring (bicyclic) bond motifs is 1. The van der Waals surface area contributed by atoms with Crippen LogP contribution in [0.5, 0.6) is 0 Å². The highest BCUT2D eigenvalue weighted by atomic mass is 32.2. The summed E-state index contributed by atoms with van der Waals surface area (Å²) in [5, 5.41) is 2.17. The minimum atomic E-state index is 0.213. The highest BCUT2D eigenvalue weighted by Gasteiger charge is 2.54. The summed E-state index contributed by atoms with van der Waals surface area (Å²) in [6, 6.07) is 10.5. The fourth-order valence-electron chi connectivity index (χ4n) is 6.52. The van der Waals surface area contributed by atoms with Gasteiger partial charge in [-0.1, -0.05) is 75.0 Å². The van der Waals surface area contributed by atoms with Crippen molar-refractivity contribution in [3.8, 4) is 0 Å². The predicted molar refractivity (Wildman–Crippen MR) is 130 cm³/mol. The number of carbonyl (C=O) groups is 1. The Bertz CT molecular complexity index is 790. The lowest BCUT2D eigenvalue weighted by molar-refractivity contribution is -0.117. The van der Waals surface area contributed by atoms with E-state index in [0.29, 0.717) is 29.6 Å². The van der Waals surface area contributed by atoms with Gasteiger partial charge >= 0.3 is 0 Å². The molecule has 3 rings (SSSR count). The van der Waals surface area contributed by atoms with Crippen molar-refractivity contribution in [1.29, 1.82) is 0 Å². The van der Waals surface area contributed by atoms with Crippen molar-refractivity contribution in [3.05, 3.63) is 66.1 Å². The summed E-state index contributed by atoms with van der Waals surface area (Å²) in [7, 11) is 0. The molecule has 1 nitrogen and oxygen atoms in total. The van der Waals surface area contributed by atoms with Crippen LogP contribution in [-0.4, -0.2) is 5.78 Å². The largest absolute Gasteiger partial charge is 0.295 e. The smallest absolute Gasteiger partial charge is 0.155 e. The van der Waals surface area contributed by atoms with E-state index in [4.69, 9.17) is 0 Å². The van der Waals surface area contributed by atoms with Crippen LogP contribution in [0, 0.1) is 35.0 Å². The number of rotatable bonds is 8. The van der Waals surface area contributed by atoms with Gasteiger partial charge in [0.2, 0.25) is 0 Å². The first-order chi connectivity index (χ1) is 14.4. The summed E-state index contributed by atoms with van der Waals surface area (Å²) in [4.78, 5) is 13.7. The van der Waals surface area contributed by atoms with Crippen molar-refractivity contribution in [2.24, 2.45) is 35.0 Å². The van der Waals surface area contributed by atoms with E-state index in [-0.39, 0.29) is 5.78 Å². The third kappa shape index (κ3) is 5.02. The van der Waals surface area contributed by atoms with Crippen LogP contribution in [0.3, 0.4) is 0 Å². The SMILES string of the molecule is C=CC(=O)C[C@H]1C2CC[C@H](C(C)C)[C@@]2(C)CC[C@@H]1/C(C)=C\C=C\Sc1ccccc1. The molecule has 0 heterocycles. The number of thioether (sulfide) groups is 1. The Labute approximate surface area is 188 Å². The van der Waals surface area contributed by atoms with Crippen LogP contribution in [0.4, 0.5) is 0 Å².